The Morgan fingerprint density at radius 2 is 1.59 bits per heavy atom. The van der Waals surface area contributed by atoms with Crippen LogP contribution in [0.4, 0.5) is 11.4 Å². The minimum Gasteiger partial charge on any atom is -0.371 e. The van der Waals surface area contributed by atoms with Crippen molar-refractivity contribution in [2.75, 3.05) is 23.3 Å². The van der Waals surface area contributed by atoms with Gasteiger partial charge in [-0.3, -0.25) is 14.6 Å². The van der Waals surface area contributed by atoms with Crippen molar-refractivity contribution < 1.29 is 9.59 Å². The third-order valence-corrected chi connectivity index (χ3v) is 7.39. The van der Waals surface area contributed by atoms with Gasteiger partial charge < -0.3 is 15.5 Å². The summed E-state index contributed by atoms with van der Waals surface area (Å²) in [6, 6.07) is 27.6. The van der Waals surface area contributed by atoms with Crippen LogP contribution in [0.1, 0.15) is 50.2 Å². The number of amides is 2. The molecule has 0 aliphatic carbocycles. The highest BCUT2D eigenvalue weighted by atomic mass is 16.2. The molecule has 0 spiro atoms. The van der Waals surface area contributed by atoms with Crippen LogP contribution in [0.25, 0.3) is 0 Å². The molecule has 4 aromatic rings. The lowest BCUT2D eigenvalue weighted by molar-refractivity contribution is 0.0950. The number of carbonyl (C=O) groups excluding carboxylic acids is 2. The molecular formula is C33H34N4O2. The number of anilines is 2. The molecule has 1 aliphatic heterocycles. The molecule has 198 valence electrons. The van der Waals surface area contributed by atoms with E-state index in [-0.39, 0.29) is 11.8 Å². The fraction of sp³-hybridized carbons (Fsp3) is 0.242. The Labute approximate surface area is 230 Å². The molecule has 1 saturated heterocycles. The first kappa shape index (κ1) is 26.2. The highest BCUT2D eigenvalue weighted by molar-refractivity contribution is 6.07. The van der Waals surface area contributed by atoms with Gasteiger partial charge in [-0.05, 0) is 79.1 Å². The molecule has 0 unspecified atom stereocenters. The van der Waals surface area contributed by atoms with Gasteiger partial charge >= 0.3 is 0 Å². The van der Waals surface area contributed by atoms with Gasteiger partial charge in [0.25, 0.3) is 11.8 Å². The quantitative estimate of drug-likeness (QED) is 0.299. The molecule has 2 heterocycles. The first-order chi connectivity index (χ1) is 19.1. The molecule has 2 N–H and O–H groups in total. The molecule has 1 aliphatic rings. The molecule has 3 aromatic carbocycles. The fourth-order valence-corrected chi connectivity index (χ4v) is 5.20. The van der Waals surface area contributed by atoms with E-state index in [4.69, 9.17) is 0 Å². The monoisotopic (exact) mass is 518 g/mol. The second-order valence-electron chi connectivity index (χ2n) is 10.2. The number of piperidine rings is 1. The predicted molar refractivity (Wildman–Crippen MR) is 156 cm³/mol. The highest BCUT2D eigenvalue weighted by Crippen LogP contribution is 2.30. The maximum Gasteiger partial charge on any atom is 0.255 e. The van der Waals surface area contributed by atoms with Crippen LogP contribution in [0, 0.1) is 12.8 Å². The van der Waals surface area contributed by atoms with Crippen molar-refractivity contribution in [3.8, 4) is 0 Å². The summed E-state index contributed by atoms with van der Waals surface area (Å²) in [7, 11) is 0. The maximum absolute atomic E-state index is 13.5. The molecule has 5 rings (SSSR count). The van der Waals surface area contributed by atoms with Crippen LogP contribution in [0.2, 0.25) is 0 Å². The summed E-state index contributed by atoms with van der Waals surface area (Å²) in [5.41, 5.74) is 5.87. The zero-order valence-electron chi connectivity index (χ0n) is 22.3. The average molecular weight is 519 g/mol. The SMILES string of the molecule is Cc1ccccc1C(=O)Nc1ccc(N2CCC(Cc3ccccc3)CC2)c(C(=O)NCc2cccnc2)c1. The predicted octanol–water partition coefficient (Wildman–Crippen LogP) is 6.03. The Hall–Kier alpha value is -4.45. The number of hydrogen-bond donors (Lipinski definition) is 2. The number of aromatic nitrogens is 1. The van der Waals surface area contributed by atoms with Gasteiger partial charge in [0.05, 0.1) is 5.56 Å². The molecule has 6 heteroatoms. The van der Waals surface area contributed by atoms with Crippen LogP contribution in [0.3, 0.4) is 0 Å². The second kappa shape index (κ2) is 12.4. The van der Waals surface area contributed by atoms with E-state index in [1.807, 2.05) is 49.4 Å². The van der Waals surface area contributed by atoms with Crippen molar-refractivity contribution in [1.82, 2.24) is 10.3 Å². The van der Waals surface area contributed by atoms with Gasteiger partial charge in [0.15, 0.2) is 0 Å². The second-order valence-corrected chi connectivity index (χ2v) is 10.2. The lowest BCUT2D eigenvalue weighted by Gasteiger charge is -2.35. The van der Waals surface area contributed by atoms with Gasteiger partial charge in [-0.1, -0.05) is 54.6 Å². The number of nitrogens with one attached hydrogen (secondary N) is 2. The number of carbonyl (C=O) groups is 2. The summed E-state index contributed by atoms with van der Waals surface area (Å²) in [6.45, 7) is 4.06. The van der Waals surface area contributed by atoms with Crippen LogP contribution in [-0.2, 0) is 13.0 Å². The largest absolute Gasteiger partial charge is 0.371 e. The van der Waals surface area contributed by atoms with Crippen LogP contribution >= 0.6 is 0 Å². The third kappa shape index (κ3) is 6.71. The summed E-state index contributed by atoms with van der Waals surface area (Å²) in [5.74, 6) is 0.260. The molecule has 1 fully saturated rings. The smallest absolute Gasteiger partial charge is 0.255 e. The first-order valence-electron chi connectivity index (χ1n) is 13.5. The van der Waals surface area contributed by atoms with Gasteiger partial charge in [-0.25, -0.2) is 0 Å². The number of aryl methyl sites for hydroxylation is 1. The average Bonchev–Trinajstić information content (AvgIpc) is 2.97. The van der Waals surface area contributed by atoms with Gasteiger partial charge in [-0.15, -0.1) is 0 Å². The molecule has 6 nitrogen and oxygen atoms in total. The molecule has 1 aromatic heterocycles. The number of rotatable bonds is 8. The van der Waals surface area contributed by atoms with E-state index in [1.54, 1.807) is 24.5 Å². The number of benzene rings is 3. The Morgan fingerprint density at radius 3 is 2.33 bits per heavy atom. The van der Waals surface area contributed by atoms with Crippen molar-refractivity contribution in [3.05, 3.63) is 125 Å². The van der Waals surface area contributed by atoms with Gasteiger partial charge in [0, 0.05) is 49.0 Å². The molecule has 0 radical (unpaired) electrons. The van der Waals surface area contributed by atoms with Crippen LogP contribution in [0.5, 0.6) is 0 Å². The summed E-state index contributed by atoms with van der Waals surface area (Å²) in [6.07, 6.45) is 6.68. The van der Waals surface area contributed by atoms with Gasteiger partial charge in [0.2, 0.25) is 0 Å². The number of hydrogen-bond acceptors (Lipinski definition) is 4. The standard InChI is InChI=1S/C33H34N4O2/c1-24-8-5-6-12-29(24)33(39)36-28-13-14-31(30(21-28)32(38)35-23-27-11-7-17-34-22-27)37-18-15-26(16-19-37)20-25-9-3-2-4-10-25/h2-14,17,21-22,26H,15-16,18-20,23H2,1H3,(H,35,38)(H,36,39). The fourth-order valence-electron chi connectivity index (χ4n) is 5.20. The Balaban J connectivity index is 1.33. The normalized spacial score (nSPS) is 13.6. The summed E-state index contributed by atoms with van der Waals surface area (Å²) >= 11 is 0. The maximum atomic E-state index is 13.5. The first-order valence-corrected chi connectivity index (χ1v) is 13.5. The molecule has 39 heavy (non-hydrogen) atoms. The van der Waals surface area contributed by atoms with E-state index in [0.29, 0.717) is 29.3 Å². The molecule has 0 bridgehead atoms. The van der Waals surface area contributed by atoms with Crippen LogP contribution in [0.15, 0.2) is 97.3 Å². The lowest BCUT2D eigenvalue weighted by Crippen LogP contribution is -2.36. The van der Waals surface area contributed by atoms with Crippen molar-refractivity contribution in [1.29, 1.82) is 0 Å². The highest BCUT2D eigenvalue weighted by Gasteiger charge is 2.24. The van der Waals surface area contributed by atoms with E-state index in [9.17, 15) is 9.59 Å². The molecular weight excluding hydrogens is 484 g/mol. The Bertz CT molecular complexity index is 1410. The van der Waals surface area contributed by atoms with Crippen molar-refractivity contribution in [3.63, 3.8) is 0 Å². The lowest BCUT2D eigenvalue weighted by atomic mass is 9.89. The number of nitrogens with zero attached hydrogens (tertiary/aromatic N) is 2. The van der Waals surface area contributed by atoms with Crippen LogP contribution in [-0.4, -0.2) is 29.9 Å². The summed E-state index contributed by atoms with van der Waals surface area (Å²) in [4.78, 5) is 32.9. The van der Waals surface area contributed by atoms with Gasteiger partial charge in [0.1, 0.15) is 0 Å². The van der Waals surface area contributed by atoms with Crippen molar-refractivity contribution >= 4 is 23.2 Å². The number of pyridine rings is 1. The third-order valence-electron chi connectivity index (χ3n) is 7.39. The van der Waals surface area contributed by atoms with E-state index in [2.05, 4.69) is 50.8 Å². The van der Waals surface area contributed by atoms with Gasteiger partial charge in [-0.2, -0.15) is 0 Å². The minimum atomic E-state index is -0.190. The molecule has 2 amide bonds. The minimum absolute atomic E-state index is 0.174. The Morgan fingerprint density at radius 1 is 0.846 bits per heavy atom. The van der Waals surface area contributed by atoms with E-state index in [1.165, 1.54) is 5.56 Å². The van der Waals surface area contributed by atoms with E-state index >= 15 is 0 Å². The topological polar surface area (TPSA) is 74.3 Å². The summed E-state index contributed by atoms with van der Waals surface area (Å²) < 4.78 is 0. The van der Waals surface area contributed by atoms with Crippen molar-refractivity contribution in [2.24, 2.45) is 5.92 Å². The van der Waals surface area contributed by atoms with E-state index in [0.717, 1.165) is 49.2 Å². The summed E-state index contributed by atoms with van der Waals surface area (Å²) in [5, 5.41) is 6.02. The van der Waals surface area contributed by atoms with E-state index < -0.39 is 0 Å². The molecule has 0 atom stereocenters. The van der Waals surface area contributed by atoms with Crippen molar-refractivity contribution in [2.45, 2.75) is 32.7 Å². The van der Waals surface area contributed by atoms with Crippen LogP contribution < -0.4 is 15.5 Å². The molecule has 0 saturated carbocycles. The zero-order chi connectivity index (χ0) is 27.0. The Kier molecular flexibility index (Phi) is 8.32. The zero-order valence-corrected chi connectivity index (χ0v) is 22.3.